The van der Waals surface area contributed by atoms with Crippen LogP contribution in [0.2, 0.25) is 10.0 Å². The summed E-state index contributed by atoms with van der Waals surface area (Å²) in [5, 5.41) is 4.65. The summed E-state index contributed by atoms with van der Waals surface area (Å²) in [4.78, 5) is 0. The van der Waals surface area contributed by atoms with Crippen LogP contribution in [0, 0.1) is 0 Å². The third-order valence-electron chi connectivity index (χ3n) is 2.62. The number of aryl methyl sites for hydroxylation is 1. The van der Waals surface area contributed by atoms with Crippen molar-refractivity contribution < 1.29 is 4.74 Å². The molecule has 17 heavy (non-hydrogen) atoms. The average molecular weight is 276 g/mol. The van der Waals surface area contributed by atoms with Crippen LogP contribution in [0.15, 0.2) is 12.1 Å². The Morgan fingerprint density at radius 1 is 1.18 bits per heavy atom. The number of halogens is 2. The molecule has 0 saturated carbocycles. The van der Waals surface area contributed by atoms with Gasteiger partial charge in [0.2, 0.25) is 0 Å². The molecule has 1 N–H and O–H groups in total. The predicted molar refractivity (Wildman–Crippen MR) is 74.5 cm³/mol. The van der Waals surface area contributed by atoms with E-state index >= 15 is 0 Å². The third-order valence-corrected chi connectivity index (χ3v) is 3.27. The van der Waals surface area contributed by atoms with E-state index < -0.39 is 0 Å². The Kier molecular flexibility index (Phi) is 6.71. The molecular formula is C13H19Cl2NO. The second-order valence-corrected chi connectivity index (χ2v) is 4.70. The zero-order valence-electron chi connectivity index (χ0n) is 10.4. The van der Waals surface area contributed by atoms with Crippen molar-refractivity contribution in [2.45, 2.75) is 26.2 Å². The molecule has 0 bridgehead atoms. The van der Waals surface area contributed by atoms with Crippen molar-refractivity contribution in [2.24, 2.45) is 0 Å². The molecule has 0 unspecified atom stereocenters. The van der Waals surface area contributed by atoms with E-state index in [1.165, 1.54) is 0 Å². The fourth-order valence-electron chi connectivity index (χ4n) is 1.66. The van der Waals surface area contributed by atoms with Crippen LogP contribution in [0.25, 0.3) is 0 Å². The minimum Gasteiger partial charge on any atom is -0.495 e. The van der Waals surface area contributed by atoms with E-state index in [0.717, 1.165) is 42.9 Å². The summed E-state index contributed by atoms with van der Waals surface area (Å²) in [6, 6.07) is 3.68. The van der Waals surface area contributed by atoms with Crippen LogP contribution in [0.3, 0.4) is 0 Å². The number of ether oxygens (including phenoxy) is 1. The van der Waals surface area contributed by atoms with E-state index in [1.54, 1.807) is 13.2 Å². The van der Waals surface area contributed by atoms with Crippen LogP contribution in [0.4, 0.5) is 0 Å². The van der Waals surface area contributed by atoms with Crippen molar-refractivity contribution >= 4 is 23.2 Å². The lowest BCUT2D eigenvalue weighted by molar-refractivity contribution is 0.415. The number of unbranched alkanes of at least 4 members (excludes halogenated alkanes) is 1. The number of benzene rings is 1. The maximum atomic E-state index is 6.17. The van der Waals surface area contributed by atoms with Gasteiger partial charge in [0.25, 0.3) is 0 Å². The molecule has 0 spiro atoms. The summed E-state index contributed by atoms with van der Waals surface area (Å²) in [5.41, 5.74) is 1.09. The van der Waals surface area contributed by atoms with Crippen molar-refractivity contribution in [3.05, 3.63) is 27.7 Å². The van der Waals surface area contributed by atoms with Gasteiger partial charge in [-0.1, -0.05) is 30.1 Å². The summed E-state index contributed by atoms with van der Waals surface area (Å²) in [7, 11) is 1.59. The minimum absolute atomic E-state index is 0.624. The smallest absolute Gasteiger partial charge is 0.138 e. The molecule has 0 aliphatic rings. The first-order chi connectivity index (χ1) is 8.19. The summed E-state index contributed by atoms with van der Waals surface area (Å²) < 4.78 is 5.11. The highest BCUT2D eigenvalue weighted by atomic mass is 35.5. The maximum absolute atomic E-state index is 6.17. The van der Waals surface area contributed by atoms with E-state index in [4.69, 9.17) is 27.9 Å². The topological polar surface area (TPSA) is 21.3 Å². The minimum atomic E-state index is 0.624. The number of nitrogens with one attached hydrogen (secondary N) is 1. The van der Waals surface area contributed by atoms with E-state index in [2.05, 4.69) is 12.2 Å². The van der Waals surface area contributed by atoms with Crippen LogP contribution in [0.1, 0.15) is 25.3 Å². The Morgan fingerprint density at radius 3 is 2.59 bits per heavy atom. The van der Waals surface area contributed by atoms with Crippen molar-refractivity contribution in [1.29, 1.82) is 0 Å². The average Bonchev–Trinajstić information content (AvgIpc) is 2.32. The monoisotopic (exact) mass is 275 g/mol. The van der Waals surface area contributed by atoms with Gasteiger partial charge >= 0.3 is 0 Å². The van der Waals surface area contributed by atoms with Crippen molar-refractivity contribution in [2.75, 3.05) is 20.2 Å². The number of methoxy groups -OCH3 is 1. The number of hydrogen-bond acceptors (Lipinski definition) is 2. The Bertz CT molecular complexity index is 356. The Labute approximate surface area is 113 Å². The van der Waals surface area contributed by atoms with Crippen LogP contribution >= 0.6 is 23.2 Å². The first-order valence-electron chi connectivity index (χ1n) is 5.91. The lowest BCUT2D eigenvalue weighted by atomic mass is 10.1. The lowest BCUT2D eigenvalue weighted by Gasteiger charge is -2.09. The SMILES string of the molecule is CCNCCCCc1cc(Cl)c(OC)cc1Cl. The highest BCUT2D eigenvalue weighted by molar-refractivity contribution is 6.34. The van der Waals surface area contributed by atoms with Crippen LogP contribution in [0.5, 0.6) is 5.75 Å². The van der Waals surface area contributed by atoms with Gasteiger partial charge < -0.3 is 10.1 Å². The fourth-order valence-corrected chi connectivity index (χ4v) is 2.17. The van der Waals surface area contributed by atoms with Gasteiger partial charge in [-0.05, 0) is 44.0 Å². The Morgan fingerprint density at radius 2 is 1.94 bits per heavy atom. The van der Waals surface area contributed by atoms with Crippen LogP contribution < -0.4 is 10.1 Å². The second-order valence-electron chi connectivity index (χ2n) is 3.89. The molecule has 0 aromatic heterocycles. The highest BCUT2D eigenvalue weighted by Crippen LogP contribution is 2.31. The van der Waals surface area contributed by atoms with Crippen LogP contribution in [-0.4, -0.2) is 20.2 Å². The first-order valence-corrected chi connectivity index (χ1v) is 6.67. The van der Waals surface area contributed by atoms with Gasteiger partial charge in [-0.2, -0.15) is 0 Å². The molecule has 0 fully saturated rings. The predicted octanol–water partition coefficient (Wildman–Crippen LogP) is 3.93. The van der Waals surface area contributed by atoms with Gasteiger partial charge in [0, 0.05) is 11.1 Å². The normalized spacial score (nSPS) is 10.6. The third kappa shape index (κ3) is 4.74. The molecule has 0 amide bonds. The summed E-state index contributed by atoms with van der Waals surface area (Å²) in [6.07, 6.45) is 3.21. The summed E-state index contributed by atoms with van der Waals surface area (Å²) >= 11 is 12.2. The van der Waals surface area contributed by atoms with E-state index in [1.807, 2.05) is 6.07 Å². The molecule has 0 aliphatic carbocycles. The van der Waals surface area contributed by atoms with E-state index in [-0.39, 0.29) is 0 Å². The van der Waals surface area contributed by atoms with Gasteiger partial charge in [0.15, 0.2) is 0 Å². The van der Waals surface area contributed by atoms with Gasteiger partial charge in [0.1, 0.15) is 5.75 Å². The van der Waals surface area contributed by atoms with Gasteiger partial charge in [-0.15, -0.1) is 0 Å². The largest absolute Gasteiger partial charge is 0.495 e. The van der Waals surface area contributed by atoms with E-state index in [0.29, 0.717) is 10.8 Å². The zero-order valence-corrected chi connectivity index (χ0v) is 11.9. The highest BCUT2D eigenvalue weighted by Gasteiger charge is 2.07. The standard InChI is InChI=1S/C13H19Cl2NO/c1-3-16-7-5-4-6-10-8-12(15)13(17-2)9-11(10)14/h8-9,16H,3-7H2,1-2H3. The zero-order chi connectivity index (χ0) is 12.7. The molecule has 1 rings (SSSR count). The molecule has 1 aromatic rings. The summed E-state index contributed by atoms with van der Waals surface area (Å²) in [5.74, 6) is 0.632. The molecular weight excluding hydrogens is 257 g/mol. The molecule has 0 aliphatic heterocycles. The van der Waals surface area contributed by atoms with Gasteiger partial charge in [0.05, 0.1) is 12.1 Å². The molecule has 0 radical (unpaired) electrons. The van der Waals surface area contributed by atoms with Gasteiger partial charge in [-0.25, -0.2) is 0 Å². The molecule has 96 valence electrons. The molecule has 2 nitrogen and oxygen atoms in total. The molecule has 0 heterocycles. The Balaban J connectivity index is 2.51. The first kappa shape index (κ1) is 14.6. The fraction of sp³-hybridized carbons (Fsp3) is 0.538. The quantitative estimate of drug-likeness (QED) is 0.762. The van der Waals surface area contributed by atoms with Crippen molar-refractivity contribution in [3.8, 4) is 5.75 Å². The summed E-state index contributed by atoms with van der Waals surface area (Å²) in [6.45, 7) is 4.19. The molecule has 0 saturated heterocycles. The van der Waals surface area contributed by atoms with Gasteiger partial charge in [-0.3, -0.25) is 0 Å². The molecule has 1 aromatic carbocycles. The van der Waals surface area contributed by atoms with Crippen LogP contribution in [-0.2, 0) is 6.42 Å². The number of rotatable bonds is 7. The van der Waals surface area contributed by atoms with E-state index in [9.17, 15) is 0 Å². The lowest BCUT2D eigenvalue weighted by Crippen LogP contribution is -2.13. The Hall–Kier alpha value is -0.440. The van der Waals surface area contributed by atoms with Crippen molar-refractivity contribution in [1.82, 2.24) is 5.32 Å². The maximum Gasteiger partial charge on any atom is 0.138 e. The molecule has 0 atom stereocenters. The second kappa shape index (κ2) is 7.80. The van der Waals surface area contributed by atoms with Crippen molar-refractivity contribution in [3.63, 3.8) is 0 Å². The number of hydrogen-bond donors (Lipinski definition) is 1. The molecule has 4 heteroatoms.